The lowest BCUT2D eigenvalue weighted by Gasteiger charge is -2.19. The van der Waals surface area contributed by atoms with E-state index in [1.54, 1.807) is 25.7 Å². The van der Waals surface area contributed by atoms with Crippen molar-refractivity contribution in [3.05, 3.63) is 0 Å². The quantitative estimate of drug-likeness (QED) is 0.0533. The maximum Gasteiger partial charge on any atom is -0.0414 e. The average Bonchev–Trinajstić information content (AvgIpc) is 3.46. The minimum Gasteiger partial charge on any atom is -0.0654 e. The zero-order valence-electron chi connectivity index (χ0n) is 56.8. The first-order valence-electron chi connectivity index (χ1n) is 39.3. The van der Waals surface area contributed by atoms with Crippen LogP contribution in [0.3, 0.4) is 0 Å². The van der Waals surface area contributed by atoms with E-state index in [-0.39, 0.29) is 0 Å². The van der Waals surface area contributed by atoms with Gasteiger partial charge in [-0.05, 0) is 11.8 Å². The van der Waals surface area contributed by atoms with Crippen LogP contribution in [0.2, 0.25) is 0 Å². The van der Waals surface area contributed by atoms with Crippen LogP contribution in [0.15, 0.2) is 0 Å². The van der Waals surface area contributed by atoms with E-state index in [0.29, 0.717) is 0 Å². The second kappa shape index (κ2) is 74.1. The second-order valence-electron chi connectivity index (χ2n) is 27.7. The summed E-state index contributed by atoms with van der Waals surface area (Å²) in [5.41, 5.74) is 0. The Morgan fingerprint density at radius 1 is 0.101 bits per heavy atom. The lowest BCUT2D eigenvalue weighted by molar-refractivity contribution is 0.345. The molecular weight excluding hydrogens is 949 g/mol. The summed E-state index contributed by atoms with van der Waals surface area (Å²) in [6.07, 6.45) is 109. The summed E-state index contributed by atoms with van der Waals surface area (Å²) in [6.45, 7) is 9.33. The van der Waals surface area contributed by atoms with Crippen LogP contribution in [0.4, 0.5) is 0 Å². The number of hydrogen-bond donors (Lipinski definition) is 0. The topological polar surface area (TPSA) is 0 Å². The van der Waals surface area contributed by atoms with Gasteiger partial charge in [-0.2, -0.15) is 0 Å². The minimum absolute atomic E-state index is 1.02. The van der Waals surface area contributed by atoms with Gasteiger partial charge in [0.05, 0.1) is 0 Å². The molecule has 0 aliphatic rings. The van der Waals surface area contributed by atoms with Crippen LogP contribution in [0.1, 0.15) is 496 Å². The van der Waals surface area contributed by atoms with Crippen LogP contribution >= 0.6 is 0 Å². The molecule has 0 nitrogen and oxygen atoms in total. The van der Waals surface area contributed by atoms with Crippen LogP contribution < -0.4 is 0 Å². The fraction of sp³-hybridized carbons (Fsp3) is 1.00. The molecule has 0 heteroatoms. The van der Waals surface area contributed by atoms with Gasteiger partial charge in [0.15, 0.2) is 0 Å². The van der Waals surface area contributed by atoms with E-state index in [0.717, 1.165) is 11.8 Å². The Bertz CT molecular complexity index is 918. The summed E-state index contributed by atoms with van der Waals surface area (Å²) in [6, 6.07) is 0. The largest absolute Gasteiger partial charge is 0.0654 e. The molecule has 0 amide bonds. The standard InChI is InChI=1S/C79H160/c1-5-9-13-17-21-25-29-33-37-39-43-47-51-55-59-63-68-74-78(72-66-61-57-53-49-45-41-35-31-27-23-19-15-11-7-3)76-70-65-71-77-79(73-67-62-58-54-50-46-42-36-32-28-24-20-16-12-8-4)75-69-64-60-56-52-48-44-40-38-34-30-26-22-18-14-10-6-2/h78-79H,5-77H2,1-4H3. The van der Waals surface area contributed by atoms with E-state index >= 15 is 0 Å². The SMILES string of the molecule is CCCCCCCCCCCCCCCCCCCC(CCCCCCCCCCCCCCCCC)CCCCCC(CCCCCCCCCCCCCCCCC)CCCCCCCCCCCCCCCCCCC. The Morgan fingerprint density at radius 3 is 0.278 bits per heavy atom. The summed E-state index contributed by atoms with van der Waals surface area (Å²) in [4.78, 5) is 0. The van der Waals surface area contributed by atoms with Crippen LogP contribution in [0.5, 0.6) is 0 Å². The Hall–Kier alpha value is 0. The highest BCUT2D eigenvalue weighted by Gasteiger charge is 2.12. The molecular formula is C79H160. The molecule has 0 saturated carbocycles. The first-order chi connectivity index (χ1) is 39.3. The van der Waals surface area contributed by atoms with Crippen molar-refractivity contribution in [3.8, 4) is 0 Å². The molecule has 0 saturated heterocycles. The molecule has 79 heavy (non-hydrogen) atoms. The second-order valence-corrected chi connectivity index (χ2v) is 27.7. The van der Waals surface area contributed by atoms with E-state index in [1.807, 2.05) is 0 Å². The molecule has 0 rings (SSSR count). The van der Waals surface area contributed by atoms with E-state index in [2.05, 4.69) is 27.7 Å². The first kappa shape index (κ1) is 79.0. The molecule has 0 N–H and O–H groups in total. The average molecular weight is 1110 g/mol. The fourth-order valence-electron chi connectivity index (χ4n) is 13.8. The van der Waals surface area contributed by atoms with E-state index in [4.69, 9.17) is 0 Å². The molecule has 0 radical (unpaired) electrons. The smallest absolute Gasteiger partial charge is 0.0414 e. The number of rotatable bonds is 74. The molecule has 476 valence electrons. The molecule has 2 atom stereocenters. The summed E-state index contributed by atoms with van der Waals surface area (Å²) < 4.78 is 0. The highest BCUT2D eigenvalue weighted by atomic mass is 14.2. The highest BCUT2D eigenvalue weighted by Crippen LogP contribution is 2.29. The molecule has 0 aliphatic heterocycles. The first-order valence-corrected chi connectivity index (χ1v) is 39.3. The summed E-state index contributed by atoms with van der Waals surface area (Å²) in [5, 5.41) is 0. The van der Waals surface area contributed by atoms with Gasteiger partial charge in [-0.3, -0.25) is 0 Å². The molecule has 0 aromatic heterocycles. The van der Waals surface area contributed by atoms with Gasteiger partial charge in [0.1, 0.15) is 0 Å². The van der Waals surface area contributed by atoms with Gasteiger partial charge in [-0.1, -0.05) is 496 Å². The molecule has 0 spiro atoms. The normalized spacial score (nSPS) is 12.6. The van der Waals surface area contributed by atoms with Crippen LogP contribution in [0.25, 0.3) is 0 Å². The summed E-state index contributed by atoms with van der Waals surface area (Å²) >= 11 is 0. The summed E-state index contributed by atoms with van der Waals surface area (Å²) in [7, 11) is 0. The summed E-state index contributed by atoms with van der Waals surface area (Å²) in [5.74, 6) is 2.04. The van der Waals surface area contributed by atoms with Crippen molar-refractivity contribution < 1.29 is 0 Å². The third-order valence-electron chi connectivity index (χ3n) is 19.6. The van der Waals surface area contributed by atoms with Crippen LogP contribution in [-0.2, 0) is 0 Å². The van der Waals surface area contributed by atoms with E-state index in [1.165, 1.54) is 443 Å². The van der Waals surface area contributed by atoms with Gasteiger partial charge in [-0.25, -0.2) is 0 Å². The molecule has 2 unspecified atom stereocenters. The van der Waals surface area contributed by atoms with Crippen molar-refractivity contribution in [2.45, 2.75) is 496 Å². The Balaban J connectivity index is 4.70. The third kappa shape index (κ3) is 70.4. The molecule has 0 aliphatic carbocycles. The van der Waals surface area contributed by atoms with E-state index in [9.17, 15) is 0 Å². The Morgan fingerprint density at radius 2 is 0.177 bits per heavy atom. The fourth-order valence-corrected chi connectivity index (χ4v) is 13.8. The predicted octanol–water partition coefficient (Wildman–Crippen LogP) is 30.8. The van der Waals surface area contributed by atoms with Gasteiger partial charge in [0, 0.05) is 0 Å². The lowest BCUT2D eigenvalue weighted by atomic mass is 9.87. The number of unbranched alkanes of at least 4 members (excludes halogenated alkanes) is 62. The highest BCUT2D eigenvalue weighted by molar-refractivity contribution is 4.66. The zero-order chi connectivity index (χ0) is 56.8. The van der Waals surface area contributed by atoms with Crippen molar-refractivity contribution in [1.82, 2.24) is 0 Å². The van der Waals surface area contributed by atoms with Gasteiger partial charge < -0.3 is 0 Å². The Kier molecular flexibility index (Phi) is 74.1. The van der Waals surface area contributed by atoms with E-state index < -0.39 is 0 Å². The molecule has 0 fully saturated rings. The third-order valence-corrected chi connectivity index (χ3v) is 19.6. The van der Waals surface area contributed by atoms with Crippen LogP contribution in [-0.4, -0.2) is 0 Å². The van der Waals surface area contributed by atoms with Crippen molar-refractivity contribution in [2.24, 2.45) is 11.8 Å². The van der Waals surface area contributed by atoms with Gasteiger partial charge in [0.25, 0.3) is 0 Å². The van der Waals surface area contributed by atoms with Crippen molar-refractivity contribution in [2.75, 3.05) is 0 Å². The predicted molar refractivity (Wildman–Crippen MR) is 367 cm³/mol. The minimum atomic E-state index is 1.02. The molecule has 0 bridgehead atoms. The zero-order valence-corrected chi connectivity index (χ0v) is 56.8. The number of hydrogen-bond acceptors (Lipinski definition) is 0. The maximum atomic E-state index is 2.33. The molecule has 0 heterocycles. The monoisotopic (exact) mass is 1110 g/mol. The van der Waals surface area contributed by atoms with Crippen molar-refractivity contribution >= 4 is 0 Å². The van der Waals surface area contributed by atoms with Crippen LogP contribution in [0, 0.1) is 11.8 Å². The van der Waals surface area contributed by atoms with Gasteiger partial charge in [-0.15, -0.1) is 0 Å². The maximum absolute atomic E-state index is 2.33. The molecule has 0 aromatic carbocycles. The van der Waals surface area contributed by atoms with Gasteiger partial charge >= 0.3 is 0 Å². The Labute approximate surface area is 505 Å². The molecule has 0 aromatic rings. The van der Waals surface area contributed by atoms with Gasteiger partial charge in [0.2, 0.25) is 0 Å². The van der Waals surface area contributed by atoms with Crippen molar-refractivity contribution in [1.29, 1.82) is 0 Å². The van der Waals surface area contributed by atoms with Crippen molar-refractivity contribution in [3.63, 3.8) is 0 Å². The lowest BCUT2D eigenvalue weighted by Crippen LogP contribution is -2.03.